The smallest absolute Gasteiger partial charge is 0.259 e. The highest BCUT2D eigenvalue weighted by Crippen LogP contribution is 2.30. The SMILES string of the molecule is Cc1cc(-c2cc(C(=O)NCCCN3CCNCC3)c3c(C)noc3n2)c(C)o1.Cl. The van der Waals surface area contributed by atoms with Crippen molar-refractivity contribution in [3.63, 3.8) is 0 Å². The summed E-state index contributed by atoms with van der Waals surface area (Å²) in [6.07, 6.45) is 0.912. The van der Waals surface area contributed by atoms with Gasteiger partial charge in [0.2, 0.25) is 0 Å². The van der Waals surface area contributed by atoms with Crippen LogP contribution in [0.5, 0.6) is 0 Å². The molecule has 0 aromatic carbocycles. The van der Waals surface area contributed by atoms with E-state index in [-0.39, 0.29) is 18.3 Å². The van der Waals surface area contributed by atoms with Crippen LogP contribution in [0.4, 0.5) is 0 Å². The third kappa shape index (κ3) is 4.66. The van der Waals surface area contributed by atoms with Crippen LogP contribution in [-0.4, -0.2) is 60.2 Å². The summed E-state index contributed by atoms with van der Waals surface area (Å²) in [4.78, 5) is 20.0. The van der Waals surface area contributed by atoms with Crippen LogP contribution < -0.4 is 10.6 Å². The average molecular weight is 434 g/mol. The number of nitrogens with zero attached hydrogens (tertiary/aromatic N) is 3. The molecule has 2 N–H and O–H groups in total. The lowest BCUT2D eigenvalue weighted by atomic mass is 10.1. The molecule has 0 bridgehead atoms. The van der Waals surface area contributed by atoms with E-state index in [1.165, 1.54) is 0 Å². The maximum absolute atomic E-state index is 13.0. The molecule has 0 saturated carbocycles. The van der Waals surface area contributed by atoms with Gasteiger partial charge in [0.15, 0.2) is 0 Å². The summed E-state index contributed by atoms with van der Waals surface area (Å²) >= 11 is 0. The molecule has 3 aromatic rings. The lowest BCUT2D eigenvalue weighted by Gasteiger charge is -2.27. The first kappa shape index (κ1) is 22.3. The van der Waals surface area contributed by atoms with Crippen molar-refractivity contribution in [1.82, 2.24) is 25.7 Å². The first-order chi connectivity index (χ1) is 14.0. The number of piperazine rings is 1. The first-order valence-corrected chi connectivity index (χ1v) is 10.1. The molecule has 4 heterocycles. The highest BCUT2D eigenvalue weighted by molar-refractivity contribution is 6.07. The number of carbonyl (C=O) groups is 1. The van der Waals surface area contributed by atoms with Crippen molar-refractivity contribution in [3.05, 3.63) is 34.9 Å². The van der Waals surface area contributed by atoms with E-state index in [9.17, 15) is 4.79 Å². The van der Waals surface area contributed by atoms with E-state index >= 15 is 0 Å². The quantitative estimate of drug-likeness (QED) is 0.577. The number of hydrogen-bond acceptors (Lipinski definition) is 7. The summed E-state index contributed by atoms with van der Waals surface area (Å²) in [6, 6.07) is 3.72. The van der Waals surface area contributed by atoms with Gasteiger partial charge >= 0.3 is 0 Å². The average Bonchev–Trinajstić information content (AvgIpc) is 3.26. The van der Waals surface area contributed by atoms with Gasteiger partial charge < -0.3 is 24.5 Å². The molecule has 0 radical (unpaired) electrons. The minimum atomic E-state index is -0.136. The molecule has 1 fully saturated rings. The van der Waals surface area contributed by atoms with E-state index in [0.717, 1.165) is 56.2 Å². The van der Waals surface area contributed by atoms with Crippen LogP contribution in [0.2, 0.25) is 0 Å². The van der Waals surface area contributed by atoms with Crippen LogP contribution in [0, 0.1) is 20.8 Å². The molecule has 0 spiro atoms. The fourth-order valence-electron chi connectivity index (χ4n) is 3.83. The molecular weight excluding hydrogens is 406 g/mol. The Bertz CT molecular complexity index is 1020. The second-order valence-electron chi connectivity index (χ2n) is 7.53. The number of hydrogen-bond donors (Lipinski definition) is 2. The molecule has 9 heteroatoms. The number of nitrogens with one attached hydrogen (secondary N) is 2. The molecule has 1 saturated heterocycles. The minimum absolute atomic E-state index is 0. The summed E-state index contributed by atoms with van der Waals surface area (Å²) in [6.45, 7) is 11.4. The van der Waals surface area contributed by atoms with Gasteiger partial charge in [-0.05, 0) is 45.9 Å². The fourth-order valence-corrected chi connectivity index (χ4v) is 3.83. The van der Waals surface area contributed by atoms with E-state index in [4.69, 9.17) is 8.94 Å². The molecule has 162 valence electrons. The topological polar surface area (TPSA) is 96.4 Å². The molecule has 4 rings (SSSR count). The van der Waals surface area contributed by atoms with Gasteiger partial charge in [0.1, 0.15) is 11.5 Å². The molecule has 1 aliphatic heterocycles. The van der Waals surface area contributed by atoms with Gasteiger partial charge in [-0.2, -0.15) is 0 Å². The van der Waals surface area contributed by atoms with E-state index in [0.29, 0.717) is 34.6 Å². The van der Waals surface area contributed by atoms with E-state index in [1.807, 2.05) is 26.8 Å². The Morgan fingerprint density at radius 3 is 2.70 bits per heavy atom. The van der Waals surface area contributed by atoms with Gasteiger partial charge in [-0.25, -0.2) is 4.98 Å². The van der Waals surface area contributed by atoms with Crippen molar-refractivity contribution in [2.24, 2.45) is 0 Å². The van der Waals surface area contributed by atoms with Crippen molar-refractivity contribution in [3.8, 4) is 11.3 Å². The Hall–Kier alpha value is -2.42. The summed E-state index contributed by atoms with van der Waals surface area (Å²) < 4.78 is 11.0. The molecule has 1 amide bonds. The van der Waals surface area contributed by atoms with Crippen molar-refractivity contribution >= 4 is 29.4 Å². The lowest BCUT2D eigenvalue weighted by molar-refractivity contribution is 0.0952. The fraction of sp³-hybridized carbons (Fsp3) is 0.476. The molecule has 8 nitrogen and oxygen atoms in total. The predicted molar refractivity (Wildman–Crippen MR) is 117 cm³/mol. The third-order valence-electron chi connectivity index (χ3n) is 5.32. The number of furan rings is 1. The molecule has 0 aliphatic carbocycles. The minimum Gasteiger partial charge on any atom is -0.466 e. The number of fused-ring (bicyclic) bond motifs is 1. The van der Waals surface area contributed by atoms with Crippen LogP contribution in [0.1, 0.15) is 34.0 Å². The van der Waals surface area contributed by atoms with Crippen LogP contribution in [0.3, 0.4) is 0 Å². The number of rotatable bonds is 6. The Morgan fingerprint density at radius 2 is 2.00 bits per heavy atom. The largest absolute Gasteiger partial charge is 0.466 e. The zero-order valence-electron chi connectivity index (χ0n) is 17.6. The zero-order chi connectivity index (χ0) is 20.4. The van der Waals surface area contributed by atoms with Gasteiger partial charge in [0, 0.05) is 38.3 Å². The molecule has 3 aromatic heterocycles. The molecular formula is C21H28ClN5O3. The third-order valence-corrected chi connectivity index (χ3v) is 5.32. The van der Waals surface area contributed by atoms with Crippen molar-refractivity contribution in [2.75, 3.05) is 39.3 Å². The Kier molecular flexibility index (Phi) is 7.12. The van der Waals surface area contributed by atoms with Crippen molar-refractivity contribution < 1.29 is 13.7 Å². The summed E-state index contributed by atoms with van der Waals surface area (Å²) in [5.74, 6) is 1.42. The zero-order valence-corrected chi connectivity index (χ0v) is 18.4. The second-order valence-corrected chi connectivity index (χ2v) is 7.53. The van der Waals surface area contributed by atoms with Gasteiger partial charge in [-0.1, -0.05) is 5.16 Å². The highest BCUT2D eigenvalue weighted by atomic mass is 35.5. The highest BCUT2D eigenvalue weighted by Gasteiger charge is 2.21. The summed E-state index contributed by atoms with van der Waals surface area (Å²) in [5.41, 5.74) is 3.05. The summed E-state index contributed by atoms with van der Waals surface area (Å²) in [5, 5.41) is 11.1. The Balaban J connectivity index is 0.00000256. The summed E-state index contributed by atoms with van der Waals surface area (Å²) in [7, 11) is 0. The maximum atomic E-state index is 13.0. The van der Waals surface area contributed by atoms with Gasteiger partial charge in [0.05, 0.1) is 22.3 Å². The predicted octanol–water partition coefficient (Wildman–Crippen LogP) is 2.85. The lowest BCUT2D eigenvalue weighted by Crippen LogP contribution is -2.44. The van der Waals surface area contributed by atoms with E-state index in [2.05, 4.69) is 25.7 Å². The molecule has 0 atom stereocenters. The number of halogens is 1. The molecule has 30 heavy (non-hydrogen) atoms. The standard InChI is InChI=1S/C21H27N5O3.ClH/c1-13-11-16(15(3)28-13)18-12-17(19-14(2)25-29-21(19)24-18)20(27)23-5-4-8-26-9-6-22-7-10-26;/h11-12,22H,4-10H2,1-3H3,(H,23,27);1H. The number of carbonyl (C=O) groups excluding carboxylic acids is 1. The van der Waals surface area contributed by atoms with E-state index < -0.39 is 0 Å². The van der Waals surface area contributed by atoms with Crippen LogP contribution >= 0.6 is 12.4 Å². The number of amides is 1. The molecule has 1 aliphatic rings. The number of aromatic nitrogens is 2. The Labute approximate surface area is 181 Å². The van der Waals surface area contributed by atoms with Crippen molar-refractivity contribution in [2.45, 2.75) is 27.2 Å². The Morgan fingerprint density at radius 1 is 1.23 bits per heavy atom. The van der Waals surface area contributed by atoms with Gasteiger partial charge in [0.25, 0.3) is 11.6 Å². The van der Waals surface area contributed by atoms with Crippen LogP contribution in [0.15, 0.2) is 21.1 Å². The number of pyridine rings is 1. The van der Waals surface area contributed by atoms with Crippen molar-refractivity contribution in [1.29, 1.82) is 0 Å². The molecule has 0 unspecified atom stereocenters. The van der Waals surface area contributed by atoms with Crippen LogP contribution in [-0.2, 0) is 0 Å². The second kappa shape index (κ2) is 9.59. The first-order valence-electron chi connectivity index (χ1n) is 10.1. The van der Waals surface area contributed by atoms with Crippen LogP contribution in [0.25, 0.3) is 22.4 Å². The van der Waals surface area contributed by atoms with Gasteiger partial charge in [-0.15, -0.1) is 12.4 Å². The monoisotopic (exact) mass is 433 g/mol. The maximum Gasteiger partial charge on any atom is 0.259 e. The normalized spacial score (nSPS) is 14.6. The van der Waals surface area contributed by atoms with Gasteiger partial charge in [-0.3, -0.25) is 4.79 Å². The van der Waals surface area contributed by atoms with E-state index in [1.54, 1.807) is 6.07 Å². The number of aryl methyl sites for hydroxylation is 3.